The summed E-state index contributed by atoms with van der Waals surface area (Å²) in [5.74, 6) is -0.0277. The molecule has 138 valence electrons. The van der Waals surface area contributed by atoms with Crippen molar-refractivity contribution in [2.24, 2.45) is 5.92 Å². The van der Waals surface area contributed by atoms with Crippen molar-refractivity contribution in [2.45, 2.75) is 32.0 Å². The van der Waals surface area contributed by atoms with Gasteiger partial charge in [-0.3, -0.25) is 19.7 Å². The molecule has 1 atom stereocenters. The lowest BCUT2D eigenvalue weighted by molar-refractivity contribution is -0.136. The molecule has 0 radical (unpaired) electrons. The largest absolute Gasteiger partial charge is 0.322 e. The Bertz CT molecular complexity index is 759. The summed E-state index contributed by atoms with van der Waals surface area (Å²) in [7, 11) is 2.10. The molecule has 3 aliphatic rings. The maximum atomic E-state index is 12.8. The summed E-state index contributed by atoms with van der Waals surface area (Å²) in [4.78, 5) is 40.2. The van der Waals surface area contributed by atoms with E-state index >= 15 is 0 Å². The van der Waals surface area contributed by atoms with Gasteiger partial charge in [0.1, 0.15) is 6.04 Å². The van der Waals surface area contributed by atoms with Gasteiger partial charge in [-0.05, 0) is 36.6 Å². The second kappa shape index (κ2) is 6.81. The quantitative estimate of drug-likeness (QED) is 0.732. The summed E-state index contributed by atoms with van der Waals surface area (Å²) in [6.07, 6.45) is 0.679. The molecule has 3 amide bonds. The second-order valence-electron chi connectivity index (χ2n) is 7.61. The Balaban J connectivity index is 1.44. The molecule has 3 heterocycles. The summed E-state index contributed by atoms with van der Waals surface area (Å²) in [6.45, 7) is 4.43. The highest BCUT2D eigenvalue weighted by molar-refractivity contribution is 6.05. The second-order valence-corrected chi connectivity index (χ2v) is 7.61. The van der Waals surface area contributed by atoms with Crippen LogP contribution in [0.3, 0.4) is 0 Å². The van der Waals surface area contributed by atoms with Crippen LogP contribution in [0.5, 0.6) is 0 Å². The first kappa shape index (κ1) is 17.2. The van der Waals surface area contributed by atoms with Crippen molar-refractivity contribution >= 4 is 17.7 Å². The van der Waals surface area contributed by atoms with Gasteiger partial charge in [0.15, 0.2) is 0 Å². The zero-order valence-electron chi connectivity index (χ0n) is 15.0. The summed E-state index contributed by atoms with van der Waals surface area (Å²) in [5.41, 5.74) is 2.75. The van der Waals surface area contributed by atoms with Gasteiger partial charge < -0.3 is 15.1 Å². The van der Waals surface area contributed by atoms with Gasteiger partial charge in [0.2, 0.25) is 11.8 Å². The van der Waals surface area contributed by atoms with Crippen LogP contribution < -0.4 is 10.6 Å². The van der Waals surface area contributed by atoms with Crippen LogP contribution in [-0.4, -0.2) is 60.2 Å². The maximum Gasteiger partial charge on any atom is 0.255 e. The maximum absolute atomic E-state index is 12.8. The third kappa shape index (κ3) is 3.24. The first-order chi connectivity index (χ1) is 12.5. The van der Waals surface area contributed by atoms with Gasteiger partial charge in [0.05, 0.1) is 0 Å². The van der Waals surface area contributed by atoms with Crippen LogP contribution in [0.2, 0.25) is 0 Å². The molecular formula is C19H24N4O3. The highest BCUT2D eigenvalue weighted by Crippen LogP contribution is 2.28. The average Bonchev–Trinajstić information content (AvgIpc) is 2.88. The van der Waals surface area contributed by atoms with Gasteiger partial charge >= 0.3 is 0 Å². The Morgan fingerprint density at radius 1 is 1.23 bits per heavy atom. The molecule has 2 N–H and O–H groups in total. The van der Waals surface area contributed by atoms with Crippen molar-refractivity contribution in [3.63, 3.8) is 0 Å². The molecule has 2 fully saturated rings. The van der Waals surface area contributed by atoms with E-state index in [1.54, 1.807) is 4.90 Å². The third-order valence-corrected chi connectivity index (χ3v) is 5.48. The average molecular weight is 356 g/mol. The minimum atomic E-state index is -0.551. The van der Waals surface area contributed by atoms with E-state index in [1.807, 2.05) is 12.1 Å². The molecule has 3 aliphatic heterocycles. The van der Waals surface area contributed by atoms with Crippen LogP contribution in [-0.2, 0) is 22.7 Å². The lowest BCUT2D eigenvalue weighted by Crippen LogP contribution is -2.52. The molecule has 0 saturated carbocycles. The number of fused-ring (bicyclic) bond motifs is 1. The van der Waals surface area contributed by atoms with Gasteiger partial charge in [0, 0.05) is 44.7 Å². The predicted molar refractivity (Wildman–Crippen MR) is 95.2 cm³/mol. The Labute approximate surface area is 152 Å². The number of piperidine rings is 1. The van der Waals surface area contributed by atoms with Gasteiger partial charge in [-0.15, -0.1) is 0 Å². The number of benzene rings is 1. The lowest BCUT2D eigenvalue weighted by Gasteiger charge is -2.31. The predicted octanol–water partition coefficient (Wildman–Crippen LogP) is 0.0988. The smallest absolute Gasteiger partial charge is 0.255 e. The van der Waals surface area contributed by atoms with E-state index < -0.39 is 6.04 Å². The van der Waals surface area contributed by atoms with Crippen molar-refractivity contribution in [2.75, 3.05) is 26.7 Å². The summed E-state index contributed by atoms with van der Waals surface area (Å²) in [6, 6.07) is 5.46. The van der Waals surface area contributed by atoms with Gasteiger partial charge in [-0.1, -0.05) is 12.1 Å². The summed E-state index contributed by atoms with van der Waals surface area (Å²) < 4.78 is 0. The standard InChI is InChI=1S/C19H24N4O3/c1-22(10-13-7-20-8-13)9-12-2-3-14-11-23(19(26)15(14)6-12)16-4-5-17(24)21-18(16)25/h2-3,6,13,16,20H,4-5,7-11H2,1H3,(H,21,24,25). The monoisotopic (exact) mass is 356 g/mol. The first-order valence-electron chi connectivity index (χ1n) is 9.17. The number of nitrogens with one attached hydrogen (secondary N) is 2. The molecule has 2 saturated heterocycles. The first-order valence-corrected chi connectivity index (χ1v) is 9.17. The molecule has 0 aliphatic carbocycles. The Morgan fingerprint density at radius 2 is 2.04 bits per heavy atom. The zero-order valence-corrected chi connectivity index (χ0v) is 15.0. The molecule has 1 unspecified atom stereocenters. The van der Waals surface area contributed by atoms with Crippen molar-refractivity contribution in [3.05, 3.63) is 34.9 Å². The number of carbonyl (C=O) groups excluding carboxylic acids is 3. The topological polar surface area (TPSA) is 81.8 Å². The molecule has 0 bridgehead atoms. The molecular weight excluding hydrogens is 332 g/mol. The number of hydrogen-bond acceptors (Lipinski definition) is 5. The van der Waals surface area contributed by atoms with E-state index in [1.165, 1.54) is 0 Å². The third-order valence-electron chi connectivity index (χ3n) is 5.48. The highest BCUT2D eigenvalue weighted by atomic mass is 16.2. The normalized spacial score (nSPS) is 23.2. The lowest BCUT2D eigenvalue weighted by atomic mass is 10.0. The Morgan fingerprint density at radius 3 is 2.73 bits per heavy atom. The van der Waals surface area contributed by atoms with Gasteiger partial charge in [-0.2, -0.15) is 0 Å². The minimum Gasteiger partial charge on any atom is -0.322 e. The number of amides is 3. The number of rotatable bonds is 5. The molecule has 0 aromatic heterocycles. The van der Waals surface area contributed by atoms with E-state index in [2.05, 4.69) is 28.6 Å². The van der Waals surface area contributed by atoms with E-state index in [4.69, 9.17) is 0 Å². The summed E-state index contributed by atoms with van der Waals surface area (Å²) in [5, 5.41) is 5.62. The minimum absolute atomic E-state index is 0.109. The van der Waals surface area contributed by atoms with Crippen LogP contribution in [0.1, 0.15) is 34.3 Å². The number of imide groups is 1. The molecule has 1 aromatic carbocycles. The number of nitrogens with zero attached hydrogens (tertiary/aromatic N) is 2. The van der Waals surface area contributed by atoms with Gasteiger partial charge in [-0.25, -0.2) is 0 Å². The van der Waals surface area contributed by atoms with E-state index in [-0.39, 0.29) is 24.1 Å². The van der Waals surface area contributed by atoms with Crippen molar-refractivity contribution in [3.8, 4) is 0 Å². The van der Waals surface area contributed by atoms with Crippen LogP contribution in [0, 0.1) is 5.92 Å². The zero-order chi connectivity index (χ0) is 18.3. The molecule has 7 heteroatoms. The van der Waals surface area contributed by atoms with Crippen LogP contribution in [0.25, 0.3) is 0 Å². The van der Waals surface area contributed by atoms with Crippen LogP contribution >= 0.6 is 0 Å². The molecule has 1 aromatic rings. The van der Waals surface area contributed by atoms with Crippen LogP contribution in [0.15, 0.2) is 18.2 Å². The van der Waals surface area contributed by atoms with E-state index in [9.17, 15) is 14.4 Å². The van der Waals surface area contributed by atoms with Crippen molar-refractivity contribution in [1.82, 2.24) is 20.4 Å². The Kier molecular flexibility index (Phi) is 4.50. The number of hydrogen-bond donors (Lipinski definition) is 2. The molecule has 7 nitrogen and oxygen atoms in total. The fourth-order valence-electron chi connectivity index (χ4n) is 3.99. The molecule has 26 heavy (non-hydrogen) atoms. The van der Waals surface area contributed by atoms with Gasteiger partial charge in [0.25, 0.3) is 5.91 Å². The highest BCUT2D eigenvalue weighted by Gasteiger charge is 2.39. The van der Waals surface area contributed by atoms with Crippen LogP contribution in [0.4, 0.5) is 0 Å². The fraction of sp³-hybridized carbons (Fsp3) is 0.526. The van der Waals surface area contributed by atoms with E-state index in [0.29, 0.717) is 24.4 Å². The van der Waals surface area contributed by atoms with Crippen molar-refractivity contribution < 1.29 is 14.4 Å². The van der Waals surface area contributed by atoms with E-state index in [0.717, 1.165) is 37.3 Å². The SMILES string of the molecule is CN(Cc1ccc2c(c1)C(=O)N(C1CCC(=O)NC1=O)C2)CC1CNC1. The summed E-state index contributed by atoms with van der Waals surface area (Å²) >= 11 is 0. The Hall–Kier alpha value is -2.25. The molecule has 4 rings (SSSR count). The van der Waals surface area contributed by atoms with Crippen molar-refractivity contribution in [1.29, 1.82) is 0 Å². The number of carbonyl (C=O) groups is 3. The molecule has 0 spiro atoms. The fourth-order valence-corrected chi connectivity index (χ4v) is 3.99.